The summed E-state index contributed by atoms with van der Waals surface area (Å²) < 4.78 is 2.28. The Bertz CT molecular complexity index is 886. The Hall–Kier alpha value is -2.35. The molecule has 0 saturated heterocycles. The van der Waals surface area contributed by atoms with Gasteiger partial charge in [-0.1, -0.05) is 38.5 Å². The van der Waals surface area contributed by atoms with E-state index in [4.69, 9.17) is 0 Å². The third-order valence-corrected chi connectivity index (χ3v) is 6.77. The van der Waals surface area contributed by atoms with Crippen LogP contribution in [0.25, 0.3) is 0 Å². The standard InChI is InChI=1S/C25H36N4O3S/c1-17(2)13-19(16-33)23(30)28-25(32)27-21-14-18-15-29(22-10-6-5-9-20(18)22)12-8-4-3-7-11-26-24(21)31/h5-6,9-10,15,17-19,21H,3-4,7-8,11-14,16H2,1-2H3,(H3-,26,27,28,30,31,32,33)/p+1/t18?,19?,21-/m0/s1. The molecule has 7 nitrogen and oxygen atoms in total. The molecule has 2 unspecified atom stereocenters. The van der Waals surface area contributed by atoms with Crippen molar-refractivity contribution in [3.05, 3.63) is 29.8 Å². The molecule has 3 rings (SSSR count). The minimum atomic E-state index is -0.743. The Morgan fingerprint density at radius 3 is 2.70 bits per heavy atom. The van der Waals surface area contributed by atoms with Gasteiger partial charge in [-0.25, -0.2) is 9.37 Å². The lowest BCUT2D eigenvalue weighted by molar-refractivity contribution is -0.433. The first-order valence-corrected chi connectivity index (χ1v) is 12.7. The molecule has 180 valence electrons. The first-order chi connectivity index (χ1) is 15.9. The van der Waals surface area contributed by atoms with Crippen LogP contribution in [-0.4, -0.2) is 53.5 Å². The first kappa shape index (κ1) is 25.3. The molecular formula is C25H37N4O3S+. The van der Waals surface area contributed by atoms with Crippen LogP contribution in [0.3, 0.4) is 0 Å². The maximum atomic E-state index is 13.0. The zero-order chi connectivity index (χ0) is 23.8. The van der Waals surface area contributed by atoms with Crippen LogP contribution in [0, 0.1) is 11.8 Å². The predicted molar refractivity (Wildman–Crippen MR) is 133 cm³/mol. The quantitative estimate of drug-likeness (QED) is 0.390. The zero-order valence-electron chi connectivity index (χ0n) is 19.7. The number of imide groups is 1. The second kappa shape index (κ2) is 12.2. The summed E-state index contributed by atoms with van der Waals surface area (Å²) in [4.78, 5) is 38.2. The number of amides is 4. The molecule has 2 aliphatic rings. The van der Waals surface area contributed by atoms with Crippen molar-refractivity contribution in [2.45, 2.75) is 64.3 Å². The van der Waals surface area contributed by atoms with Gasteiger partial charge in [0.1, 0.15) is 12.6 Å². The molecule has 0 radical (unpaired) electrons. The molecule has 0 fully saturated rings. The second-order valence-electron chi connectivity index (χ2n) is 9.47. The highest BCUT2D eigenvalue weighted by Crippen LogP contribution is 2.34. The molecule has 2 aliphatic heterocycles. The van der Waals surface area contributed by atoms with Gasteiger partial charge in [0.2, 0.25) is 17.5 Å². The van der Waals surface area contributed by atoms with Crippen LogP contribution in [0.5, 0.6) is 0 Å². The lowest BCUT2D eigenvalue weighted by Gasteiger charge is -2.21. The minimum absolute atomic E-state index is 0.0137. The summed E-state index contributed by atoms with van der Waals surface area (Å²) in [5, 5.41) is 8.16. The van der Waals surface area contributed by atoms with Gasteiger partial charge in [0.05, 0.1) is 5.92 Å². The van der Waals surface area contributed by atoms with Crippen LogP contribution in [0.1, 0.15) is 63.9 Å². The van der Waals surface area contributed by atoms with E-state index in [0.29, 0.717) is 31.1 Å². The minimum Gasteiger partial charge on any atom is -0.354 e. The number of hydrogen-bond acceptors (Lipinski definition) is 4. The molecule has 2 bridgehead atoms. The second-order valence-corrected chi connectivity index (χ2v) is 9.84. The van der Waals surface area contributed by atoms with Gasteiger partial charge in [-0.3, -0.25) is 14.9 Å². The average Bonchev–Trinajstić information content (AvgIpc) is 3.13. The van der Waals surface area contributed by atoms with Gasteiger partial charge in [-0.15, -0.1) is 0 Å². The van der Waals surface area contributed by atoms with Gasteiger partial charge in [0, 0.05) is 36.3 Å². The number of para-hydroxylation sites is 1. The van der Waals surface area contributed by atoms with Crippen molar-refractivity contribution in [1.29, 1.82) is 0 Å². The van der Waals surface area contributed by atoms with Gasteiger partial charge in [0.15, 0.2) is 6.21 Å². The van der Waals surface area contributed by atoms with Crippen LogP contribution >= 0.6 is 12.6 Å². The van der Waals surface area contributed by atoms with E-state index in [2.05, 4.69) is 51.5 Å². The topological polar surface area (TPSA) is 90.3 Å². The summed E-state index contributed by atoms with van der Waals surface area (Å²) in [5.74, 6) is -0.223. The fourth-order valence-corrected chi connectivity index (χ4v) is 4.96. The van der Waals surface area contributed by atoms with E-state index in [9.17, 15) is 14.4 Å². The Balaban J connectivity index is 1.74. The number of carbonyl (C=O) groups is 3. The summed E-state index contributed by atoms with van der Waals surface area (Å²) in [6, 6.07) is 6.85. The number of hydrogen-bond donors (Lipinski definition) is 4. The maximum Gasteiger partial charge on any atom is 0.322 e. The van der Waals surface area contributed by atoms with Crippen molar-refractivity contribution < 1.29 is 19.0 Å². The monoisotopic (exact) mass is 473 g/mol. The molecule has 33 heavy (non-hydrogen) atoms. The van der Waals surface area contributed by atoms with Gasteiger partial charge in [-0.2, -0.15) is 12.6 Å². The number of rotatable bonds is 5. The third-order valence-electron chi connectivity index (χ3n) is 6.33. The highest BCUT2D eigenvalue weighted by molar-refractivity contribution is 7.80. The van der Waals surface area contributed by atoms with Crippen molar-refractivity contribution in [2.24, 2.45) is 11.8 Å². The smallest absolute Gasteiger partial charge is 0.322 e. The summed E-state index contributed by atoms with van der Waals surface area (Å²) in [6.07, 6.45) is 7.42. The SMILES string of the molecule is CC(C)CC(CS)C(=O)NC(=O)N[C@H]1CC2C=[N+](CCCCCCNC1=O)c1ccccc12. The third kappa shape index (κ3) is 7.06. The van der Waals surface area contributed by atoms with E-state index in [-0.39, 0.29) is 23.7 Å². The largest absolute Gasteiger partial charge is 0.354 e. The van der Waals surface area contributed by atoms with Crippen LogP contribution in [0.2, 0.25) is 0 Å². The summed E-state index contributed by atoms with van der Waals surface area (Å²) >= 11 is 4.26. The van der Waals surface area contributed by atoms with Crippen molar-refractivity contribution in [1.82, 2.24) is 16.0 Å². The van der Waals surface area contributed by atoms with E-state index >= 15 is 0 Å². The van der Waals surface area contributed by atoms with Crippen molar-refractivity contribution >= 4 is 42.4 Å². The molecule has 3 atom stereocenters. The molecule has 3 N–H and O–H groups in total. The summed E-state index contributed by atoms with van der Waals surface area (Å²) in [5.41, 5.74) is 2.33. The highest BCUT2D eigenvalue weighted by Gasteiger charge is 2.35. The highest BCUT2D eigenvalue weighted by atomic mass is 32.1. The Morgan fingerprint density at radius 2 is 1.94 bits per heavy atom. The number of fused-ring (bicyclic) bond motifs is 4. The number of carbonyl (C=O) groups excluding carboxylic acids is 3. The molecule has 1 aromatic carbocycles. The van der Waals surface area contributed by atoms with Crippen LogP contribution < -0.4 is 16.0 Å². The molecule has 2 heterocycles. The van der Waals surface area contributed by atoms with Crippen molar-refractivity contribution in [3.63, 3.8) is 0 Å². The lowest BCUT2D eigenvalue weighted by Crippen LogP contribution is -2.52. The normalized spacial score (nSPS) is 22.1. The summed E-state index contributed by atoms with van der Waals surface area (Å²) in [6.45, 7) is 5.59. The van der Waals surface area contributed by atoms with Gasteiger partial charge in [-0.05, 0) is 31.6 Å². The van der Waals surface area contributed by atoms with Gasteiger partial charge >= 0.3 is 6.03 Å². The molecular weight excluding hydrogens is 436 g/mol. The van der Waals surface area contributed by atoms with Crippen LogP contribution in [0.15, 0.2) is 24.3 Å². The molecule has 1 aromatic rings. The number of nitrogens with zero attached hydrogens (tertiary/aromatic N) is 1. The van der Waals surface area contributed by atoms with E-state index in [0.717, 1.165) is 37.8 Å². The number of benzene rings is 1. The van der Waals surface area contributed by atoms with E-state index in [1.165, 1.54) is 5.69 Å². The lowest BCUT2D eigenvalue weighted by atomic mass is 9.93. The molecule has 4 amide bonds. The van der Waals surface area contributed by atoms with Gasteiger partial charge in [0.25, 0.3) is 0 Å². The number of nitrogens with one attached hydrogen (secondary N) is 3. The van der Waals surface area contributed by atoms with Crippen molar-refractivity contribution in [2.75, 3.05) is 18.8 Å². The molecule has 8 heteroatoms. The fourth-order valence-electron chi connectivity index (χ4n) is 4.65. The predicted octanol–water partition coefficient (Wildman–Crippen LogP) is 3.37. The van der Waals surface area contributed by atoms with Gasteiger partial charge < -0.3 is 10.6 Å². The molecule has 0 spiro atoms. The fraction of sp³-hybridized carbons (Fsp3) is 0.600. The average molecular weight is 474 g/mol. The molecule has 0 aliphatic carbocycles. The first-order valence-electron chi connectivity index (χ1n) is 12.1. The maximum absolute atomic E-state index is 13.0. The van der Waals surface area contributed by atoms with E-state index < -0.39 is 12.1 Å². The summed E-state index contributed by atoms with van der Waals surface area (Å²) in [7, 11) is 0. The van der Waals surface area contributed by atoms with Crippen molar-refractivity contribution in [3.8, 4) is 0 Å². The zero-order valence-corrected chi connectivity index (χ0v) is 20.6. The molecule has 0 saturated carbocycles. The van der Waals surface area contributed by atoms with Crippen LogP contribution in [0.4, 0.5) is 10.5 Å². The Labute approximate surface area is 202 Å². The molecule has 0 aromatic heterocycles. The number of thiol groups is 1. The van der Waals surface area contributed by atoms with E-state index in [1.54, 1.807) is 0 Å². The number of urea groups is 1. The van der Waals surface area contributed by atoms with Crippen LogP contribution in [-0.2, 0) is 9.59 Å². The Morgan fingerprint density at radius 1 is 1.18 bits per heavy atom. The van der Waals surface area contributed by atoms with E-state index in [1.807, 2.05) is 26.0 Å². The Kier molecular flexibility index (Phi) is 9.35.